The van der Waals surface area contributed by atoms with E-state index in [1.165, 1.54) is 16.2 Å². The third kappa shape index (κ3) is 2.83. The van der Waals surface area contributed by atoms with Crippen LogP contribution in [0.15, 0.2) is 12.1 Å². The molecular formula is C14H20N2O2S. The predicted molar refractivity (Wildman–Crippen MR) is 75.1 cm³/mol. The van der Waals surface area contributed by atoms with E-state index >= 15 is 0 Å². The highest BCUT2D eigenvalue weighted by Gasteiger charge is 2.34. The zero-order valence-corrected chi connectivity index (χ0v) is 12.0. The molecule has 2 aliphatic heterocycles. The van der Waals surface area contributed by atoms with E-state index in [1.807, 2.05) is 4.90 Å². The summed E-state index contributed by atoms with van der Waals surface area (Å²) in [4.78, 5) is 16.5. The topological polar surface area (TPSA) is 41.6 Å². The first-order valence-electron chi connectivity index (χ1n) is 6.95. The molecule has 2 unspecified atom stereocenters. The van der Waals surface area contributed by atoms with Crippen molar-refractivity contribution in [3.05, 3.63) is 21.9 Å². The minimum atomic E-state index is 0.0386. The molecule has 0 radical (unpaired) electrons. The standard InChI is InChI=1S/C14H20N2O2S/c1-10-5-6-12(19-10)14-15-8-13(17)16(14)9-11-4-2-3-7-18-11/h5-6,11,14-15H,2-4,7-9H2,1H3. The van der Waals surface area contributed by atoms with Crippen LogP contribution in [0.25, 0.3) is 0 Å². The summed E-state index contributed by atoms with van der Waals surface area (Å²) in [7, 11) is 0. The van der Waals surface area contributed by atoms with E-state index in [1.54, 1.807) is 11.3 Å². The van der Waals surface area contributed by atoms with E-state index < -0.39 is 0 Å². The number of hydrogen-bond acceptors (Lipinski definition) is 4. The van der Waals surface area contributed by atoms with Gasteiger partial charge in [0.05, 0.1) is 12.6 Å². The molecule has 0 spiro atoms. The highest BCUT2D eigenvalue weighted by molar-refractivity contribution is 7.12. The number of rotatable bonds is 3. The lowest BCUT2D eigenvalue weighted by molar-refractivity contribution is -0.130. The fraction of sp³-hybridized carbons (Fsp3) is 0.643. The Balaban J connectivity index is 1.71. The van der Waals surface area contributed by atoms with Crippen molar-refractivity contribution in [1.29, 1.82) is 0 Å². The molecule has 1 aromatic rings. The van der Waals surface area contributed by atoms with E-state index in [9.17, 15) is 4.79 Å². The monoisotopic (exact) mass is 280 g/mol. The van der Waals surface area contributed by atoms with Gasteiger partial charge in [-0.1, -0.05) is 0 Å². The molecule has 3 heterocycles. The largest absolute Gasteiger partial charge is 0.376 e. The van der Waals surface area contributed by atoms with Gasteiger partial charge in [0.25, 0.3) is 0 Å². The molecule has 0 aliphatic carbocycles. The van der Waals surface area contributed by atoms with E-state index in [4.69, 9.17) is 4.74 Å². The quantitative estimate of drug-likeness (QED) is 0.921. The van der Waals surface area contributed by atoms with Crippen LogP contribution in [0.4, 0.5) is 0 Å². The summed E-state index contributed by atoms with van der Waals surface area (Å²) in [5.41, 5.74) is 0. The van der Waals surface area contributed by atoms with Gasteiger partial charge in [0.15, 0.2) is 0 Å². The predicted octanol–water partition coefficient (Wildman–Crippen LogP) is 2.06. The summed E-state index contributed by atoms with van der Waals surface area (Å²) in [5, 5.41) is 3.31. The van der Waals surface area contributed by atoms with Crippen LogP contribution in [0.3, 0.4) is 0 Å². The maximum absolute atomic E-state index is 12.1. The number of ether oxygens (including phenoxy) is 1. The fourth-order valence-electron chi connectivity index (χ4n) is 2.77. The van der Waals surface area contributed by atoms with Crippen molar-refractivity contribution in [2.45, 2.75) is 38.5 Å². The fourth-order valence-corrected chi connectivity index (χ4v) is 3.74. The molecule has 0 saturated carbocycles. The van der Waals surface area contributed by atoms with Gasteiger partial charge in [-0.25, -0.2) is 0 Å². The van der Waals surface area contributed by atoms with Crippen LogP contribution in [0, 0.1) is 6.92 Å². The van der Waals surface area contributed by atoms with Gasteiger partial charge in [-0.2, -0.15) is 0 Å². The molecule has 1 aromatic heterocycles. The Labute approximate surface area is 117 Å². The molecular weight excluding hydrogens is 260 g/mol. The van der Waals surface area contributed by atoms with Crippen LogP contribution in [0.2, 0.25) is 0 Å². The van der Waals surface area contributed by atoms with Crippen molar-refractivity contribution < 1.29 is 9.53 Å². The zero-order valence-electron chi connectivity index (χ0n) is 11.2. The van der Waals surface area contributed by atoms with Gasteiger partial charge in [0.1, 0.15) is 6.17 Å². The Hall–Kier alpha value is -0.910. The lowest BCUT2D eigenvalue weighted by atomic mass is 10.1. The van der Waals surface area contributed by atoms with Crippen LogP contribution in [-0.4, -0.2) is 36.6 Å². The SMILES string of the molecule is Cc1ccc(C2NCC(=O)N2CC2CCCCO2)s1. The van der Waals surface area contributed by atoms with Gasteiger partial charge in [-0.15, -0.1) is 11.3 Å². The minimum absolute atomic E-state index is 0.0386. The number of nitrogens with zero attached hydrogens (tertiary/aromatic N) is 1. The molecule has 2 fully saturated rings. The number of nitrogens with one attached hydrogen (secondary N) is 1. The smallest absolute Gasteiger partial charge is 0.238 e. The second kappa shape index (κ2) is 5.61. The van der Waals surface area contributed by atoms with Gasteiger partial charge in [-0.05, 0) is 38.3 Å². The number of aryl methyl sites for hydroxylation is 1. The first-order valence-corrected chi connectivity index (χ1v) is 7.76. The van der Waals surface area contributed by atoms with E-state index in [0.717, 1.165) is 19.4 Å². The van der Waals surface area contributed by atoms with Gasteiger partial charge in [0, 0.05) is 22.9 Å². The third-order valence-electron chi connectivity index (χ3n) is 3.78. The number of carbonyl (C=O) groups is 1. The average Bonchev–Trinajstić information content (AvgIpc) is 2.99. The van der Waals surface area contributed by atoms with E-state index in [2.05, 4.69) is 24.4 Å². The Bertz CT molecular complexity index is 454. The van der Waals surface area contributed by atoms with Crippen LogP contribution >= 0.6 is 11.3 Å². The van der Waals surface area contributed by atoms with Gasteiger partial charge in [0.2, 0.25) is 5.91 Å². The molecule has 2 aliphatic rings. The molecule has 0 aromatic carbocycles. The van der Waals surface area contributed by atoms with Crippen LogP contribution in [-0.2, 0) is 9.53 Å². The minimum Gasteiger partial charge on any atom is -0.376 e. The summed E-state index contributed by atoms with van der Waals surface area (Å²) in [6.07, 6.45) is 3.68. The molecule has 1 N–H and O–H groups in total. The van der Waals surface area contributed by atoms with Gasteiger partial charge < -0.3 is 9.64 Å². The van der Waals surface area contributed by atoms with Crippen molar-refractivity contribution >= 4 is 17.2 Å². The number of hydrogen-bond donors (Lipinski definition) is 1. The molecule has 4 nitrogen and oxygen atoms in total. The maximum atomic E-state index is 12.1. The molecule has 2 saturated heterocycles. The van der Waals surface area contributed by atoms with Crippen molar-refractivity contribution in [2.24, 2.45) is 0 Å². The summed E-state index contributed by atoms with van der Waals surface area (Å²) in [6, 6.07) is 4.23. The zero-order chi connectivity index (χ0) is 13.2. The number of thiophene rings is 1. The van der Waals surface area contributed by atoms with Crippen LogP contribution < -0.4 is 5.32 Å². The van der Waals surface area contributed by atoms with Crippen LogP contribution in [0.1, 0.15) is 35.2 Å². The number of amides is 1. The third-order valence-corrected chi connectivity index (χ3v) is 4.84. The van der Waals surface area contributed by atoms with Crippen molar-refractivity contribution in [2.75, 3.05) is 19.7 Å². The molecule has 3 rings (SSSR count). The second-order valence-corrected chi connectivity index (χ2v) is 6.59. The Morgan fingerprint density at radius 2 is 2.37 bits per heavy atom. The Morgan fingerprint density at radius 3 is 3.05 bits per heavy atom. The van der Waals surface area contributed by atoms with Crippen LogP contribution in [0.5, 0.6) is 0 Å². The molecule has 2 atom stereocenters. The summed E-state index contributed by atoms with van der Waals surface area (Å²) >= 11 is 1.76. The Kier molecular flexibility index (Phi) is 3.86. The van der Waals surface area contributed by atoms with E-state index in [0.29, 0.717) is 13.1 Å². The highest BCUT2D eigenvalue weighted by atomic mass is 32.1. The molecule has 19 heavy (non-hydrogen) atoms. The van der Waals surface area contributed by atoms with E-state index in [-0.39, 0.29) is 18.2 Å². The number of carbonyl (C=O) groups excluding carboxylic acids is 1. The van der Waals surface area contributed by atoms with Gasteiger partial charge >= 0.3 is 0 Å². The Morgan fingerprint density at radius 1 is 1.47 bits per heavy atom. The summed E-state index contributed by atoms with van der Waals surface area (Å²) < 4.78 is 5.76. The normalized spacial score (nSPS) is 28.1. The lowest BCUT2D eigenvalue weighted by Gasteiger charge is -2.30. The average molecular weight is 280 g/mol. The molecule has 5 heteroatoms. The summed E-state index contributed by atoms with van der Waals surface area (Å²) in [5.74, 6) is 0.185. The van der Waals surface area contributed by atoms with Crippen molar-refractivity contribution in [3.63, 3.8) is 0 Å². The molecule has 0 bridgehead atoms. The first kappa shape index (κ1) is 13.1. The lowest BCUT2D eigenvalue weighted by Crippen LogP contribution is -2.39. The second-order valence-electron chi connectivity index (χ2n) is 5.27. The highest BCUT2D eigenvalue weighted by Crippen LogP contribution is 2.29. The molecule has 1 amide bonds. The summed E-state index contributed by atoms with van der Waals surface area (Å²) in [6.45, 7) is 4.09. The first-order chi connectivity index (χ1) is 9.24. The molecule has 104 valence electrons. The van der Waals surface area contributed by atoms with Gasteiger partial charge in [-0.3, -0.25) is 10.1 Å². The van der Waals surface area contributed by atoms with Crippen molar-refractivity contribution in [3.8, 4) is 0 Å². The van der Waals surface area contributed by atoms with Crippen molar-refractivity contribution in [1.82, 2.24) is 10.2 Å². The maximum Gasteiger partial charge on any atom is 0.238 e.